The van der Waals surface area contributed by atoms with Gasteiger partial charge in [-0.15, -0.1) is 0 Å². The molecule has 62 valence electrons. The van der Waals surface area contributed by atoms with E-state index in [9.17, 15) is 0 Å². The monoisotopic (exact) mass is 182 g/mol. The van der Waals surface area contributed by atoms with Crippen LogP contribution in [0.4, 0.5) is 5.69 Å². The highest BCUT2D eigenvalue weighted by molar-refractivity contribution is 6.30. The van der Waals surface area contributed by atoms with Crippen molar-refractivity contribution in [3.63, 3.8) is 0 Å². The van der Waals surface area contributed by atoms with Crippen LogP contribution in [-0.2, 0) is 0 Å². The lowest BCUT2D eigenvalue weighted by Gasteiger charge is -2.05. The van der Waals surface area contributed by atoms with Gasteiger partial charge in [0.15, 0.2) is 6.19 Å². The summed E-state index contributed by atoms with van der Waals surface area (Å²) in [6.07, 6.45) is 1.80. The van der Waals surface area contributed by atoms with Gasteiger partial charge in [-0.05, 0) is 18.2 Å². The van der Waals surface area contributed by atoms with Gasteiger partial charge in [0, 0.05) is 5.02 Å². The van der Waals surface area contributed by atoms with Crippen molar-refractivity contribution in [1.29, 1.82) is 5.26 Å². The second-order valence-corrected chi connectivity index (χ2v) is 2.52. The lowest BCUT2D eigenvalue weighted by molar-refractivity contribution is 0.417. The van der Waals surface area contributed by atoms with E-state index in [4.69, 9.17) is 21.6 Å². The molecule has 0 amide bonds. The van der Waals surface area contributed by atoms with Crippen LogP contribution in [0.25, 0.3) is 0 Å². The van der Waals surface area contributed by atoms with Crippen LogP contribution >= 0.6 is 11.6 Å². The Labute approximate surface area is 75.5 Å². The predicted molar refractivity (Wildman–Crippen MR) is 47.2 cm³/mol. The van der Waals surface area contributed by atoms with E-state index in [2.05, 4.69) is 5.32 Å². The molecule has 1 aromatic carbocycles. The number of rotatable bonds is 2. The number of nitrogens with zero attached hydrogens (tertiary/aromatic N) is 1. The summed E-state index contributed by atoms with van der Waals surface area (Å²) in [7, 11) is 1.53. The normalized spacial score (nSPS) is 8.75. The molecule has 0 aliphatic heterocycles. The van der Waals surface area contributed by atoms with E-state index < -0.39 is 0 Å². The zero-order valence-electron chi connectivity index (χ0n) is 6.47. The molecule has 12 heavy (non-hydrogen) atoms. The van der Waals surface area contributed by atoms with Gasteiger partial charge in [0.2, 0.25) is 0 Å². The van der Waals surface area contributed by atoms with Crippen LogP contribution in [0.5, 0.6) is 5.75 Å². The second-order valence-electron chi connectivity index (χ2n) is 2.08. The molecule has 0 aliphatic rings. The molecule has 3 nitrogen and oxygen atoms in total. The molecule has 0 aromatic heterocycles. The smallest absolute Gasteiger partial charge is 0.181 e. The van der Waals surface area contributed by atoms with Crippen molar-refractivity contribution >= 4 is 17.3 Å². The molecule has 4 heteroatoms. The number of anilines is 1. The Morgan fingerprint density at radius 2 is 2.33 bits per heavy atom. The first-order chi connectivity index (χ1) is 5.77. The van der Waals surface area contributed by atoms with Crippen molar-refractivity contribution in [3.05, 3.63) is 23.2 Å². The third kappa shape index (κ3) is 1.80. The van der Waals surface area contributed by atoms with E-state index in [1.807, 2.05) is 0 Å². The molecule has 0 fully saturated rings. The van der Waals surface area contributed by atoms with Crippen molar-refractivity contribution in [3.8, 4) is 11.9 Å². The highest BCUT2D eigenvalue weighted by Gasteiger charge is 2.01. The number of benzene rings is 1. The number of halogens is 1. The average molecular weight is 183 g/mol. The maximum absolute atomic E-state index is 8.37. The fourth-order valence-corrected chi connectivity index (χ4v) is 1.01. The maximum Gasteiger partial charge on any atom is 0.181 e. The van der Waals surface area contributed by atoms with Gasteiger partial charge in [0.25, 0.3) is 0 Å². The Balaban J connectivity index is 3.05. The minimum absolute atomic E-state index is 0.563. The van der Waals surface area contributed by atoms with Crippen LogP contribution in [0.1, 0.15) is 0 Å². The highest BCUT2D eigenvalue weighted by atomic mass is 35.5. The quantitative estimate of drug-likeness (QED) is 0.564. The number of hydrogen-bond acceptors (Lipinski definition) is 3. The summed E-state index contributed by atoms with van der Waals surface area (Å²) in [4.78, 5) is 0. The Morgan fingerprint density at radius 1 is 1.58 bits per heavy atom. The zero-order chi connectivity index (χ0) is 8.97. The molecule has 0 saturated heterocycles. The Morgan fingerprint density at radius 3 is 2.92 bits per heavy atom. The van der Waals surface area contributed by atoms with E-state index in [1.54, 1.807) is 24.4 Å². The first-order valence-corrected chi connectivity index (χ1v) is 3.64. The van der Waals surface area contributed by atoms with Crippen molar-refractivity contribution in [1.82, 2.24) is 0 Å². The second kappa shape index (κ2) is 3.84. The largest absolute Gasteiger partial charge is 0.495 e. The number of methoxy groups -OCH3 is 1. The summed E-state index contributed by atoms with van der Waals surface area (Å²) >= 11 is 5.70. The third-order valence-corrected chi connectivity index (χ3v) is 1.59. The van der Waals surface area contributed by atoms with Crippen molar-refractivity contribution < 1.29 is 4.74 Å². The predicted octanol–water partition coefficient (Wildman–Crippen LogP) is 2.24. The molecule has 0 atom stereocenters. The Hall–Kier alpha value is -1.40. The summed E-state index contributed by atoms with van der Waals surface area (Å²) in [5.74, 6) is 0.598. The SMILES string of the molecule is COc1ccc(Cl)cc1NC#N. The van der Waals surface area contributed by atoms with E-state index in [1.165, 1.54) is 7.11 Å². The van der Waals surface area contributed by atoms with Crippen LogP contribution in [0.2, 0.25) is 5.02 Å². The van der Waals surface area contributed by atoms with Crippen molar-refractivity contribution in [2.75, 3.05) is 12.4 Å². The molecule has 0 radical (unpaired) electrons. The molecule has 1 aromatic rings. The van der Waals surface area contributed by atoms with Crippen LogP contribution in [-0.4, -0.2) is 7.11 Å². The topological polar surface area (TPSA) is 45.0 Å². The van der Waals surface area contributed by atoms with Crippen molar-refractivity contribution in [2.45, 2.75) is 0 Å². The molecule has 1 N–H and O–H groups in total. The van der Waals surface area contributed by atoms with Gasteiger partial charge in [-0.2, -0.15) is 5.26 Å². The summed E-state index contributed by atoms with van der Waals surface area (Å²) in [5, 5.41) is 11.4. The number of nitrogens with one attached hydrogen (secondary N) is 1. The van der Waals surface area contributed by atoms with Gasteiger partial charge in [0.1, 0.15) is 5.75 Å². The zero-order valence-corrected chi connectivity index (χ0v) is 7.22. The molecule has 0 spiro atoms. The lowest BCUT2D eigenvalue weighted by Crippen LogP contribution is -1.92. The minimum Gasteiger partial charge on any atom is -0.495 e. The van der Waals surface area contributed by atoms with E-state index in [-0.39, 0.29) is 0 Å². The fourth-order valence-electron chi connectivity index (χ4n) is 0.838. The first kappa shape index (κ1) is 8.69. The van der Waals surface area contributed by atoms with E-state index in [0.717, 1.165) is 0 Å². The number of hydrogen-bond donors (Lipinski definition) is 1. The van der Waals surface area contributed by atoms with Crippen LogP contribution in [0.3, 0.4) is 0 Å². The van der Waals surface area contributed by atoms with Crippen LogP contribution in [0, 0.1) is 11.5 Å². The third-order valence-electron chi connectivity index (χ3n) is 1.35. The van der Waals surface area contributed by atoms with E-state index in [0.29, 0.717) is 16.5 Å². The Kier molecular flexibility index (Phi) is 2.78. The van der Waals surface area contributed by atoms with Crippen LogP contribution in [0.15, 0.2) is 18.2 Å². The molecule has 0 heterocycles. The average Bonchev–Trinajstić information content (AvgIpc) is 2.05. The number of nitriles is 1. The summed E-state index contributed by atoms with van der Waals surface area (Å²) in [6.45, 7) is 0. The summed E-state index contributed by atoms with van der Waals surface area (Å²) in [5.41, 5.74) is 0.576. The molecular weight excluding hydrogens is 176 g/mol. The Bertz CT molecular complexity index is 319. The maximum atomic E-state index is 8.37. The van der Waals surface area contributed by atoms with Gasteiger partial charge in [-0.1, -0.05) is 11.6 Å². The lowest BCUT2D eigenvalue weighted by atomic mass is 10.3. The van der Waals surface area contributed by atoms with Gasteiger partial charge in [0.05, 0.1) is 12.8 Å². The standard InChI is InChI=1S/C8H7ClN2O/c1-12-8-3-2-6(9)4-7(8)11-5-10/h2-4,11H,1H3. The first-order valence-electron chi connectivity index (χ1n) is 3.26. The highest BCUT2D eigenvalue weighted by Crippen LogP contribution is 2.26. The van der Waals surface area contributed by atoms with Gasteiger partial charge < -0.3 is 4.74 Å². The molecular formula is C8H7ClN2O. The molecule has 0 bridgehead atoms. The number of ether oxygens (including phenoxy) is 1. The molecule has 0 unspecified atom stereocenters. The van der Waals surface area contributed by atoms with Crippen LogP contribution < -0.4 is 10.1 Å². The summed E-state index contributed by atoms with van der Waals surface area (Å²) < 4.78 is 4.98. The summed E-state index contributed by atoms with van der Waals surface area (Å²) in [6, 6.07) is 5.02. The minimum atomic E-state index is 0.563. The van der Waals surface area contributed by atoms with Crippen molar-refractivity contribution in [2.24, 2.45) is 0 Å². The van der Waals surface area contributed by atoms with Gasteiger partial charge in [-0.3, -0.25) is 5.32 Å². The molecule has 1 rings (SSSR count). The molecule has 0 aliphatic carbocycles. The van der Waals surface area contributed by atoms with E-state index >= 15 is 0 Å². The fraction of sp³-hybridized carbons (Fsp3) is 0.125. The van der Waals surface area contributed by atoms with Gasteiger partial charge in [-0.25, -0.2) is 0 Å². The molecule has 0 saturated carbocycles. The van der Waals surface area contributed by atoms with Gasteiger partial charge >= 0.3 is 0 Å².